The molecular weight excluding hydrogens is 378 g/mol. The Morgan fingerprint density at radius 1 is 0.759 bits per heavy atom. The summed E-state index contributed by atoms with van der Waals surface area (Å²) >= 11 is 0. The van der Waals surface area contributed by atoms with Gasteiger partial charge in [0.15, 0.2) is 12.2 Å². The van der Waals surface area contributed by atoms with Gasteiger partial charge in [0.1, 0.15) is 5.75 Å². The minimum Gasteiger partial charge on any atom is -0.508 e. The quantitative estimate of drug-likeness (QED) is 0.376. The monoisotopic (exact) mass is 399 g/mol. The first-order valence-electron chi connectivity index (χ1n) is 8.57. The number of carbonyl (C=O) groups is 2. The van der Waals surface area contributed by atoms with Gasteiger partial charge < -0.3 is 31.3 Å². The predicted molar refractivity (Wildman–Crippen MR) is 105 cm³/mol. The molecule has 2 unspecified atom stereocenters. The molecule has 3 aromatic carbocycles. The highest BCUT2D eigenvalue weighted by Gasteiger charge is 2.29. The fourth-order valence-corrected chi connectivity index (χ4v) is 2.71. The number of rotatable bonds is 5. The third-order valence-electron chi connectivity index (χ3n) is 4.22. The molecule has 7 N–H and O–H groups in total. The zero-order chi connectivity index (χ0) is 21.6. The molecule has 0 aromatic heterocycles. The van der Waals surface area contributed by atoms with Crippen molar-refractivity contribution in [2.45, 2.75) is 18.2 Å². The molecule has 0 fully saturated rings. The van der Waals surface area contributed by atoms with Crippen LogP contribution in [0.25, 0.3) is 10.8 Å². The maximum atomic E-state index is 10.2. The Labute approximate surface area is 166 Å². The molecule has 0 aliphatic heterocycles. The highest BCUT2D eigenvalue weighted by atomic mass is 16.4. The van der Waals surface area contributed by atoms with Gasteiger partial charge in [0.05, 0.1) is 6.04 Å². The number of nitrogens with two attached hydrogens (primary N) is 1. The molecule has 0 saturated carbocycles. The highest BCUT2D eigenvalue weighted by Crippen LogP contribution is 2.34. The van der Waals surface area contributed by atoms with Crippen LogP contribution in [-0.2, 0) is 9.59 Å². The molecule has 3 rings (SSSR count). The normalized spacial score (nSPS) is 13.6. The van der Waals surface area contributed by atoms with Crippen LogP contribution >= 0.6 is 0 Å². The molecule has 0 heterocycles. The zero-order valence-corrected chi connectivity index (χ0v) is 15.2. The molecule has 8 heteroatoms. The zero-order valence-electron chi connectivity index (χ0n) is 15.2. The van der Waals surface area contributed by atoms with Crippen LogP contribution < -0.4 is 5.73 Å². The Kier molecular flexibility index (Phi) is 7.27. The first-order chi connectivity index (χ1) is 13.7. The summed E-state index contributed by atoms with van der Waals surface area (Å²) in [4.78, 5) is 19.5. The summed E-state index contributed by atoms with van der Waals surface area (Å²) in [6.45, 7) is 0. The lowest BCUT2D eigenvalue weighted by atomic mass is 9.93. The number of carboxylic acids is 2. The number of fused-ring (bicyclic) bond motifs is 1. The van der Waals surface area contributed by atoms with E-state index < -0.39 is 24.1 Å². The summed E-state index contributed by atoms with van der Waals surface area (Å²) in [7, 11) is 0. The van der Waals surface area contributed by atoms with Gasteiger partial charge in [-0.05, 0) is 22.4 Å². The minimum atomic E-state index is -2.27. The van der Waals surface area contributed by atoms with Crippen molar-refractivity contribution < 1.29 is 35.1 Å². The van der Waals surface area contributed by atoms with Crippen LogP contribution in [0.1, 0.15) is 17.2 Å². The first-order valence-corrected chi connectivity index (χ1v) is 8.57. The van der Waals surface area contributed by atoms with E-state index in [2.05, 4.69) is 0 Å². The molecule has 152 valence electrons. The number of aromatic hydroxyl groups is 1. The van der Waals surface area contributed by atoms with E-state index in [1.165, 1.54) is 0 Å². The Balaban J connectivity index is 0.000000257. The summed E-state index contributed by atoms with van der Waals surface area (Å²) < 4.78 is 0. The van der Waals surface area contributed by atoms with Crippen molar-refractivity contribution in [3.63, 3.8) is 0 Å². The van der Waals surface area contributed by atoms with Gasteiger partial charge in [-0.25, -0.2) is 9.59 Å². The fourth-order valence-electron chi connectivity index (χ4n) is 2.71. The van der Waals surface area contributed by atoms with Crippen LogP contribution in [0, 0.1) is 0 Å². The van der Waals surface area contributed by atoms with Crippen molar-refractivity contribution in [1.82, 2.24) is 0 Å². The molecule has 0 aliphatic carbocycles. The van der Waals surface area contributed by atoms with Crippen molar-refractivity contribution in [3.05, 3.63) is 77.9 Å². The lowest BCUT2D eigenvalue weighted by Gasteiger charge is -2.16. The number of benzene rings is 3. The predicted octanol–water partition coefficient (Wildman–Crippen LogP) is 1.47. The van der Waals surface area contributed by atoms with Gasteiger partial charge in [0, 0.05) is 5.56 Å². The van der Waals surface area contributed by atoms with Gasteiger partial charge in [0.25, 0.3) is 0 Å². The summed E-state index contributed by atoms with van der Waals surface area (Å²) in [5.74, 6) is -3.29. The van der Waals surface area contributed by atoms with Gasteiger partial charge in [-0.15, -0.1) is 0 Å². The summed E-state index contributed by atoms with van der Waals surface area (Å²) in [6.07, 6.45) is -4.53. The number of hydrogen-bond acceptors (Lipinski definition) is 6. The Bertz CT molecular complexity index is 973. The van der Waals surface area contributed by atoms with Crippen LogP contribution in [0.5, 0.6) is 5.75 Å². The molecule has 29 heavy (non-hydrogen) atoms. The van der Waals surface area contributed by atoms with Crippen LogP contribution in [0.3, 0.4) is 0 Å². The molecule has 0 amide bonds. The average Bonchev–Trinajstić information content (AvgIpc) is 2.73. The summed E-state index contributed by atoms with van der Waals surface area (Å²) in [6, 6.07) is 21.1. The number of carboxylic acid groups (broad SMARTS) is 2. The van der Waals surface area contributed by atoms with E-state index in [1.54, 1.807) is 6.07 Å². The SMILES string of the molecule is N[C@@H](c1ccccc1)c1c(O)ccc2ccccc12.O=C(O)C(O)C(O)C(=O)O. The maximum absolute atomic E-state index is 10.2. The third-order valence-corrected chi connectivity index (χ3v) is 4.22. The smallest absolute Gasteiger partial charge is 0.335 e. The Morgan fingerprint density at radius 3 is 1.83 bits per heavy atom. The topological polar surface area (TPSA) is 161 Å². The fraction of sp³-hybridized carbons (Fsp3) is 0.143. The molecule has 8 nitrogen and oxygen atoms in total. The molecule has 3 atom stereocenters. The molecule has 0 aliphatic rings. The average molecular weight is 399 g/mol. The van der Waals surface area contributed by atoms with E-state index in [1.807, 2.05) is 60.7 Å². The number of hydrogen-bond donors (Lipinski definition) is 6. The number of aliphatic carboxylic acids is 2. The van der Waals surface area contributed by atoms with Crippen LogP contribution in [0.2, 0.25) is 0 Å². The molecular formula is C21H21NO7. The largest absolute Gasteiger partial charge is 0.508 e. The second kappa shape index (κ2) is 9.65. The second-order valence-electron chi connectivity index (χ2n) is 6.17. The van der Waals surface area contributed by atoms with E-state index in [4.69, 9.17) is 26.2 Å². The number of phenols is 1. The van der Waals surface area contributed by atoms with Crippen LogP contribution in [0.15, 0.2) is 66.7 Å². The summed E-state index contributed by atoms with van der Waals surface area (Å²) in [5, 5.41) is 44.8. The van der Waals surface area contributed by atoms with Crippen molar-refractivity contribution >= 4 is 22.7 Å². The minimum absolute atomic E-state index is 0.245. The number of aliphatic hydroxyl groups is 2. The van der Waals surface area contributed by atoms with Gasteiger partial charge >= 0.3 is 11.9 Å². The number of phenolic OH excluding ortho intramolecular Hbond substituents is 1. The number of aliphatic hydroxyl groups excluding tert-OH is 2. The van der Waals surface area contributed by atoms with Crippen molar-refractivity contribution in [1.29, 1.82) is 0 Å². The molecule has 0 spiro atoms. The standard InChI is InChI=1S/C17H15NO.C4H6O6/c18-17(13-7-2-1-3-8-13)16-14-9-5-4-6-12(14)10-11-15(16)19;5-1(3(7)8)2(6)4(9)10/h1-11,17,19H,18H2;1-2,5-6H,(H,7,8)(H,9,10)/t17-;/m0./s1. The van der Waals surface area contributed by atoms with E-state index in [0.29, 0.717) is 0 Å². The molecule has 0 saturated heterocycles. The third kappa shape index (κ3) is 5.29. The lowest BCUT2D eigenvalue weighted by Crippen LogP contribution is -2.39. The van der Waals surface area contributed by atoms with Crippen LogP contribution in [0.4, 0.5) is 0 Å². The van der Waals surface area contributed by atoms with Gasteiger partial charge in [-0.1, -0.05) is 60.7 Å². The first kappa shape index (κ1) is 21.8. The maximum Gasteiger partial charge on any atom is 0.335 e. The van der Waals surface area contributed by atoms with Crippen molar-refractivity contribution in [2.24, 2.45) is 5.73 Å². The Morgan fingerprint density at radius 2 is 1.28 bits per heavy atom. The molecule has 0 radical (unpaired) electrons. The van der Waals surface area contributed by atoms with Crippen molar-refractivity contribution in [3.8, 4) is 5.75 Å². The molecule has 0 bridgehead atoms. The second-order valence-corrected chi connectivity index (χ2v) is 6.17. The lowest BCUT2D eigenvalue weighted by molar-refractivity contribution is -0.165. The van der Waals surface area contributed by atoms with Crippen LogP contribution in [-0.4, -0.2) is 49.7 Å². The molecule has 3 aromatic rings. The van der Waals surface area contributed by atoms with E-state index in [9.17, 15) is 14.7 Å². The van der Waals surface area contributed by atoms with Gasteiger partial charge in [-0.3, -0.25) is 0 Å². The van der Waals surface area contributed by atoms with Crippen molar-refractivity contribution in [2.75, 3.05) is 0 Å². The van der Waals surface area contributed by atoms with E-state index in [0.717, 1.165) is 21.9 Å². The summed E-state index contributed by atoms with van der Waals surface area (Å²) in [5.41, 5.74) is 8.10. The van der Waals surface area contributed by atoms with Gasteiger partial charge in [0.2, 0.25) is 0 Å². The Hall–Kier alpha value is -3.46. The highest BCUT2D eigenvalue weighted by molar-refractivity contribution is 5.88. The van der Waals surface area contributed by atoms with E-state index >= 15 is 0 Å². The van der Waals surface area contributed by atoms with E-state index in [-0.39, 0.29) is 11.8 Å². The van der Waals surface area contributed by atoms with Gasteiger partial charge in [-0.2, -0.15) is 0 Å².